The highest BCUT2D eigenvalue weighted by Crippen LogP contribution is 2.14. The fourth-order valence-electron chi connectivity index (χ4n) is 1.59. The lowest BCUT2D eigenvalue weighted by molar-refractivity contribution is 0.414. The van der Waals surface area contributed by atoms with Crippen molar-refractivity contribution in [1.29, 1.82) is 0 Å². The fraction of sp³-hybridized carbons (Fsp3) is 0.429. The average Bonchev–Trinajstić information content (AvgIpc) is 2.34. The van der Waals surface area contributed by atoms with E-state index >= 15 is 0 Å². The monoisotopic (exact) mass is 217 g/mol. The van der Waals surface area contributed by atoms with Gasteiger partial charge in [0.25, 0.3) is 0 Å². The average molecular weight is 217 g/mol. The van der Waals surface area contributed by atoms with Crippen molar-refractivity contribution in [2.75, 3.05) is 14.2 Å². The first-order valence-corrected chi connectivity index (χ1v) is 5.50. The molecule has 0 heterocycles. The Bertz CT molecular complexity index is 376. The van der Waals surface area contributed by atoms with Crippen LogP contribution in [0.15, 0.2) is 24.3 Å². The minimum absolute atomic E-state index is 0.402. The summed E-state index contributed by atoms with van der Waals surface area (Å²) in [6, 6.07) is 8.58. The number of hydrogen-bond donors (Lipinski definition) is 1. The van der Waals surface area contributed by atoms with Crippen LogP contribution in [0.2, 0.25) is 0 Å². The number of rotatable bonds is 5. The molecule has 0 aliphatic carbocycles. The van der Waals surface area contributed by atoms with Gasteiger partial charge in [-0.25, -0.2) is 0 Å². The maximum absolute atomic E-state index is 5.20. The van der Waals surface area contributed by atoms with Crippen LogP contribution in [-0.4, -0.2) is 20.2 Å². The number of hydrogen-bond acceptors (Lipinski definition) is 2. The molecule has 1 unspecified atom stereocenters. The highest BCUT2D eigenvalue weighted by atomic mass is 16.5. The molecular formula is C14H19NO. The Morgan fingerprint density at radius 2 is 2.25 bits per heavy atom. The SMILES string of the molecule is CC#CCC(Cc1cccc(OC)c1)NC. The van der Waals surface area contributed by atoms with Crippen LogP contribution in [0.4, 0.5) is 0 Å². The second-order valence-corrected chi connectivity index (χ2v) is 3.67. The second-order valence-electron chi connectivity index (χ2n) is 3.67. The van der Waals surface area contributed by atoms with E-state index in [-0.39, 0.29) is 0 Å². The van der Waals surface area contributed by atoms with E-state index < -0.39 is 0 Å². The van der Waals surface area contributed by atoms with Gasteiger partial charge in [-0.3, -0.25) is 0 Å². The Morgan fingerprint density at radius 1 is 1.44 bits per heavy atom. The summed E-state index contributed by atoms with van der Waals surface area (Å²) in [6.45, 7) is 1.87. The van der Waals surface area contributed by atoms with Gasteiger partial charge in [-0.05, 0) is 38.1 Å². The lowest BCUT2D eigenvalue weighted by Crippen LogP contribution is -2.26. The zero-order valence-corrected chi connectivity index (χ0v) is 10.2. The highest BCUT2D eigenvalue weighted by Gasteiger charge is 2.06. The third kappa shape index (κ3) is 3.96. The van der Waals surface area contributed by atoms with Crippen LogP contribution in [0, 0.1) is 11.8 Å². The molecule has 0 radical (unpaired) electrons. The van der Waals surface area contributed by atoms with E-state index in [1.165, 1.54) is 5.56 Å². The molecular weight excluding hydrogens is 198 g/mol. The molecule has 0 aliphatic heterocycles. The van der Waals surface area contributed by atoms with E-state index in [1.807, 2.05) is 26.1 Å². The van der Waals surface area contributed by atoms with Gasteiger partial charge in [0.15, 0.2) is 0 Å². The third-order valence-corrected chi connectivity index (χ3v) is 2.55. The molecule has 0 saturated heterocycles. The van der Waals surface area contributed by atoms with Crippen molar-refractivity contribution < 1.29 is 4.74 Å². The van der Waals surface area contributed by atoms with Gasteiger partial charge in [0.2, 0.25) is 0 Å². The van der Waals surface area contributed by atoms with E-state index in [0.717, 1.165) is 18.6 Å². The first-order valence-electron chi connectivity index (χ1n) is 5.50. The fourth-order valence-corrected chi connectivity index (χ4v) is 1.59. The molecule has 2 nitrogen and oxygen atoms in total. The molecule has 0 fully saturated rings. The predicted molar refractivity (Wildman–Crippen MR) is 67.6 cm³/mol. The van der Waals surface area contributed by atoms with Crippen molar-refractivity contribution in [1.82, 2.24) is 5.32 Å². The normalized spacial score (nSPS) is 11.4. The summed E-state index contributed by atoms with van der Waals surface area (Å²) >= 11 is 0. The van der Waals surface area contributed by atoms with Crippen LogP contribution in [0.25, 0.3) is 0 Å². The summed E-state index contributed by atoms with van der Waals surface area (Å²) in [5.74, 6) is 6.94. The van der Waals surface area contributed by atoms with E-state index in [2.05, 4.69) is 29.3 Å². The van der Waals surface area contributed by atoms with E-state index in [0.29, 0.717) is 6.04 Å². The van der Waals surface area contributed by atoms with E-state index in [4.69, 9.17) is 4.74 Å². The standard InChI is InChI=1S/C14H19NO/c1-4-5-8-13(15-2)10-12-7-6-9-14(11-12)16-3/h6-7,9,11,13,15H,8,10H2,1-3H3. The minimum Gasteiger partial charge on any atom is -0.497 e. The number of ether oxygens (including phenoxy) is 1. The molecule has 0 amide bonds. The first-order chi connectivity index (χ1) is 7.80. The van der Waals surface area contributed by atoms with Gasteiger partial charge in [-0.2, -0.15) is 0 Å². The Balaban J connectivity index is 2.64. The molecule has 0 spiro atoms. The highest BCUT2D eigenvalue weighted by molar-refractivity contribution is 5.29. The molecule has 1 aromatic carbocycles. The van der Waals surface area contributed by atoms with Crippen LogP contribution < -0.4 is 10.1 Å². The van der Waals surface area contributed by atoms with Crippen molar-refractivity contribution in [3.8, 4) is 17.6 Å². The molecule has 86 valence electrons. The summed E-state index contributed by atoms with van der Waals surface area (Å²) in [5, 5.41) is 3.28. The van der Waals surface area contributed by atoms with Gasteiger partial charge in [0.05, 0.1) is 7.11 Å². The predicted octanol–water partition coefficient (Wildman–Crippen LogP) is 2.24. The van der Waals surface area contributed by atoms with Crippen LogP contribution in [0.5, 0.6) is 5.75 Å². The molecule has 1 aromatic rings. The van der Waals surface area contributed by atoms with E-state index in [9.17, 15) is 0 Å². The molecule has 16 heavy (non-hydrogen) atoms. The Labute approximate surface area is 98.0 Å². The lowest BCUT2D eigenvalue weighted by atomic mass is 10.0. The zero-order chi connectivity index (χ0) is 11.8. The van der Waals surface area contributed by atoms with Crippen LogP contribution in [0.1, 0.15) is 18.9 Å². The molecule has 0 aromatic heterocycles. The van der Waals surface area contributed by atoms with Crippen molar-refractivity contribution in [3.63, 3.8) is 0 Å². The molecule has 0 aliphatic rings. The maximum Gasteiger partial charge on any atom is 0.119 e. The largest absolute Gasteiger partial charge is 0.497 e. The quantitative estimate of drug-likeness (QED) is 0.764. The number of benzene rings is 1. The summed E-state index contributed by atoms with van der Waals surface area (Å²) in [4.78, 5) is 0. The summed E-state index contributed by atoms with van der Waals surface area (Å²) < 4.78 is 5.20. The molecule has 1 rings (SSSR count). The van der Waals surface area contributed by atoms with Gasteiger partial charge >= 0.3 is 0 Å². The summed E-state index contributed by atoms with van der Waals surface area (Å²) in [5.41, 5.74) is 1.27. The summed E-state index contributed by atoms with van der Waals surface area (Å²) in [7, 11) is 3.67. The zero-order valence-electron chi connectivity index (χ0n) is 10.2. The number of nitrogens with one attached hydrogen (secondary N) is 1. The molecule has 0 bridgehead atoms. The van der Waals surface area contributed by atoms with Gasteiger partial charge in [-0.1, -0.05) is 12.1 Å². The van der Waals surface area contributed by atoms with Gasteiger partial charge in [-0.15, -0.1) is 11.8 Å². The first kappa shape index (κ1) is 12.6. The topological polar surface area (TPSA) is 21.3 Å². The molecule has 1 atom stereocenters. The Kier molecular flexibility index (Phi) is 5.45. The van der Waals surface area contributed by atoms with Gasteiger partial charge < -0.3 is 10.1 Å². The maximum atomic E-state index is 5.20. The third-order valence-electron chi connectivity index (χ3n) is 2.55. The van der Waals surface area contributed by atoms with Crippen LogP contribution in [-0.2, 0) is 6.42 Å². The van der Waals surface area contributed by atoms with Crippen LogP contribution >= 0.6 is 0 Å². The Hall–Kier alpha value is -1.46. The molecule has 1 N–H and O–H groups in total. The minimum atomic E-state index is 0.402. The number of likely N-dealkylation sites (N-methyl/N-ethyl adjacent to an activating group) is 1. The molecule has 2 heteroatoms. The van der Waals surface area contributed by atoms with Gasteiger partial charge in [0, 0.05) is 12.5 Å². The second kappa shape index (κ2) is 6.92. The van der Waals surface area contributed by atoms with Crippen molar-refractivity contribution in [2.24, 2.45) is 0 Å². The van der Waals surface area contributed by atoms with Crippen LogP contribution in [0.3, 0.4) is 0 Å². The number of methoxy groups -OCH3 is 1. The van der Waals surface area contributed by atoms with Gasteiger partial charge in [0.1, 0.15) is 5.75 Å². The van der Waals surface area contributed by atoms with E-state index in [1.54, 1.807) is 7.11 Å². The smallest absolute Gasteiger partial charge is 0.119 e. The van der Waals surface area contributed by atoms with Crippen molar-refractivity contribution in [3.05, 3.63) is 29.8 Å². The van der Waals surface area contributed by atoms with Crippen molar-refractivity contribution in [2.45, 2.75) is 25.8 Å². The lowest BCUT2D eigenvalue weighted by Gasteiger charge is -2.13. The molecule has 0 saturated carbocycles. The summed E-state index contributed by atoms with van der Waals surface area (Å²) in [6.07, 6.45) is 1.85. The van der Waals surface area contributed by atoms with Crippen molar-refractivity contribution >= 4 is 0 Å². The Morgan fingerprint density at radius 3 is 2.88 bits per heavy atom.